The Morgan fingerprint density at radius 2 is 1.86 bits per heavy atom. The summed E-state index contributed by atoms with van der Waals surface area (Å²) < 4.78 is 7.24. The van der Waals surface area contributed by atoms with Crippen molar-refractivity contribution in [2.75, 3.05) is 0 Å². The number of hydrogen-bond donors (Lipinski definition) is 1. The highest BCUT2D eigenvalue weighted by Crippen LogP contribution is 2.22. The smallest absolute Gasteiger partial charge is 0.266 e. The first kappa shape index (κ1) is 13.2. The lowest BCUT2D eigenvalue weighted by molar-refractivity contribution is 0.306. The van der Waals surface area contributed by atoms with Gasteiger partial charge in [-0.25, -0.2) is 0 Å². The number of nitrogens with one attached hydrogen (secondary N) is 1. The summed E-state index contributed by atoms with van der Waals surface area (Å²) in [5.74, 6) is 0.779. The number of aromatic nitrogens is 2. The van der Waals surface area contributed by atoms with E-state index in [0.717, 1.165) is 22.6 Å². The molecule has 0 radical (unpaired) electrons. The second kappa shape index (κ2) is 5.71. The molecule has 1 heterocycles. The molecule has 0 spiro atoms. The maximum Gasteiger partial charge on any atom is 0.266 e. The zero-order chi connectivity index (χ0) is 14.7. The van der Waals surface area contributed by atoms with Crippen LogP contribution in [0.4, 0.5) is 0 Å². The van der Waals surface area contributed by atoms with Crippen LogP contribution in [0.3, 0.4) is 0 Å². The van der Waals surface area contributed by atoms with Crippen molar-refractivity contribution in [3.63, 3.8) is 0 Å². The van der Waals surface area contributed by atoms with E-state index in [4.69, 9.17) is 4.74 Å². The topological polar surface area (TPSA) is 47.0 Å². The largest absolute Gasteiger partial charge is 0.489 e. The normalized spacial score (nSPS) is 10.5. The molecule has 0 bridgehead atoms. The highest BCUT2D eigenvalue weighted by molar-refractivity contribution is 5.60. The minimum atomic E-state index is -0.0550. The number of aryl methyl sites for hydroxylation is 1. The second-order valence-electron chi connectivity index (χ2n) is 4.87. The number of nitrogens with zero attached hydrogens (tertiary/aromatic N) is 1. The van der Waals surface area contributed by atoms with Crippen LogP contribution in [0.2, 0.25) is 0 Å². The summed E-state index contributed by atoms with van der Waals surface area (Å²) in [6.07, 6.45) is 0. The Morgan fingerprint density at radius 1 is 1.05 bits per heavy atom. The molecule has 0 aliphatic rings. The summed E-state index contributed by atoms with van der Waals surface area (Å²) in [5.41, 5.74) is 2.78. The molecule has 0 atom stereocenters. The van der Waals surface area contributed by atoms with Crippen LogP contribution in [0, 0.1) is 0 Å². The molecule has 0 fully saturated rings. The summed E-state index contributed by atoms with van der Waals surface area (Å²) in [4.78, 5) is 11.5. The molecule has 2 aromatic carbocycles. The fraction of sp³-hybridized carbons (Fsp3) is 0.118. The van der Waals surface area contributed by atoms with Crippen LogP contribution in [-0.2, 0) is 13.7 Å². The molecule has 1 N–H and O–H groups in total. The van der Waals surface area contributed by atoms with Crippen molar-refractivity contribution in [1.82, 2.24) is 9.78 Å². The van der Waals surface area contributed by atoms with Crippen LogP contribution < -0.4 is 10.3 Å². The van der Waals surface area contributed by atoms with Gasteiger partial charge in [-0.3, -0.25) is 14.6 Å². The number of benzene rings is 2. The maximum absolute atomic E-state index is 11.5. The monoisotopic (exact) mass is 280 g/mol. The lowest BCUT2D eigenvalue weighted by atomic mass is 10.1. The average molecular weight is 280 g/mol. The van der Waals surface area contributed by atoms with Gasteiger partial charge in [0.1, 0.15) is 12.4 Å². The molecule has 1 aromatic heterocycles. The first-order valence-corrected chi connectivity index (χ1v) is 6.75. The van der Waals surface area contributed by atoms with E-state index in [0.29, 0.717) is 6.61 Å². The fourth-order valence-electron chi connectivity index (χ4n) is 2.13. The molecular weight excluding hydrogens is 264 g/mol. The third-order valence-electron chi connectivity index (χ3n) is 3.28. The zero-order valence-electron chi connectivity index (χ0n) is 11.7. The Labute approximate surface area is 122 Å². The molecule has 0 aliphatic heterocycles. The van der Waals surface area contributed by atoms with Gasteiger partial charge in [-0.2, -0.15) is 0 Å². The van der Waals surface area contributed by atoms with Crippen LogP contribution in [0.1, 0.15) is 5.56 Å². The molecule has 3 aromatic rings. The van der Waals surface area contributed by atoms with Crippen molar-refractivity contribution in [3.8, 4) is 17.0 Å². The number of rotatable bonds is 4. The van der Waals surface area contributed by atoms with Crippen molar-refractivity contribution < 1.29 is 4.74 Å². The van der Waals surface area contributed by atoms with Gasteiger partial charge in [0.15, 0.2) is 0 Å². The molecular formula is C17H16N2O2. The summed E-state index contributed by atoms with van der Waals surface area (Å²) in [6, 6.07) is 19.3. The molecule has 0 unspecified atom stereocenters. The predicted octanol–water partition coefficient (Wildman–Crippen LogP) is 2.96. The van der Waals surface area contributed by atoms with Crippen LogP contribution in [0.15, 0.2) is 65.5 Å². The molecule has 3 rings (SSSR count). The third-order valence-corrected chi connectivity index (χ3v) is 3.28. The number of ether oxygens (including phenoxy) is 1. The summed E-state index contributed by atoms with van der Waals surface area (Å²) in [7, 11) is 1.70. The second-order valence-corrected chi connectivity index (χ2v) is 4.87. The van der Waals surface area contributed by atoms with Crippen molar-refractivity contribution >= 4 is 0 Å². The summed E-state index contributed by atoms with van der Waals surface area (Å²) in [5, 5.41) is 3.01. The highest BCUT2D eigenvalue weighted by Gasteiger charge is 2.04. The predicted molar refractivity (Wildman–Crippen MR) is 82.2 cm³/mol. The third kappa shape index (κ3) is 3.05. The van der Waals surface area contributed by atoms with E-state index < -0.39 is 0 Å². The van der Waals surface area contributed by atoms with Gasteiger partial charge in [0, 0.05) is 18.7 Å². The Morgan fingerprint density at radius 3 is 2.57 bits per heavy atom. The van der Waals surface area contributed by atoms with E-state index in [1.165, 1.54) is 4.68 Å². The first-order valence-electron chi connectivity index (χ1n) is 6.75. The number of H-pyrrole nitrogens is 1. The van der Waals surface area contributed by atoms with Crippen LogP contribution >= 0.6 is 0 Å². The van der Waals surface area contributed by atoms with Crippen molar-refractivity contribution in [1.29, 1.82) is 0 Å². The van der Waals surface area contributed by atoms with E-state index in [1.807, 2.05) is 54.6 Å². The Balaban J connectivity index is 1.78. The SMILES string of the molecule is Cn1[nH]c(-c2cccc(OCc3ccccc3)c2)cc1=O. The molecule has 0 saturated carbocycles. The summed E-state index contributed by atoms with van der Waals surface area (Å²) >= 11 is 0. The van der Waals surface area contributed by atoms with Crippen LogP contribution in [-0.4, -0.2) is 9.78 Å². The van der Waals surface area contributed by atoms with E-state index >= 15 is 0 Å². The van der Waals surface area contributed by atoms with E-state index in [2.05, 4.69) is 5.10 Å². The van der Waals surface area contributed by atoms with Crippen LogP contribution in [0.5, 0.6) is 5.75 Å². The number of hydrogen-bond acceptors (Lipinski definition) is 2. The van der Waals surface area contributed by atoms with Gasteiger partial charge in [0.05, 0.1) is 5.69 Å². The lowest BCUT2D eigenvalue weighted by Crippen LogP contribution is -2.09. The van der Waals surface area contributed by atoms with Gasteiger partial charge in [-0.1, -0.05) is 42.5 Å². The molecule has 4 heteroatoms. The van der Waals surface area contributed by atoms with E-state index in [-0.39, 0.29) is 5.56 Å². The molecule has 0 amide bonds. The van der Waals surface area contributed by atoms with Gasteiger partial charge in [0.25, 0.3) is 5.56 Å². The van der Waals surface area contributed by atoms with Gasteiger partial charge >= 0.3 is 0 Å². The van der Waals surface area contributed by atoms with Crippen molar-refractivity contribution in [3.05, 3.63) is 76.6 Å². The molecule has 4 nitrogen and oxygen atoms in total. The minimum Gasteiger partial charge on any atom is -0.489 e. The van der Waals surface area contributed by atoms with Crippen LogP contribution in [0.25, 0.3) is 11.3 Å². The van der Waals surface area contributed by atoms with Crippen molar-refractivity contribution in [2.45, 2.75) is 6.61 Å². The lowest BCUT2D eigenvalue weighted by Gasteiger charge is -2.07. The van der Waals surface area contributed by atoms with Gasteiger partial charge in [0.2, 0.25) is 0 Å². The molecule has 0 aliphatic carbocycles. The van der Waals surface area contributed by atoms with E-state index in [1.54, 1.807) is 13.1 Å². The molecule has 106 valence electrons. The Bertz CT molecular complexity index is 788. The summed E-state index contributed by atoms with van der Waals surface area (Å²) in [6.45, 7) is 0.523. The van der Waals surface area contributed by atoms with E-state index in [9.17, 15) is 4.79 Å². The fourth-order valence-corrected chi connectivity index (χ4v) is 2.13. The average Bonchev–Trinajstić information content (AvgIpc) is 2.86. The minimum absolute atomic E-state index is 0.0550. The Hall–Kier alpha value is -2.75. The first-order chi connectivity index (χ1) is 10.2. The molecule has 21 heavy (non-hydrogen) atoms. The van der Waals surface area contributed by atoms with Gasteiger partial charge in [-0.05, 0) is 17.7 Å². The van der Waals surface area contributed by atoms with Gasteiger partial charge < -0.3 is 4.74 Å². The van der Waals surface area contributed by atoms with Crippen molar-refractivity contribution in [2.24, 2.45) is 7.05 Å². The highest BCUT2D eigenvalue weighted by atomic mass is 16.5. The Kier molecular flexibility index (Phi) is 3.60. The number of aromatic amines is 1. The van der Waals surface area contributed by atoms with Gasteiger partial charge in [-0.15, -0.1) is 0 Å². The zero-order valence-corrected chi connectivity index (χ0v) is 11.7. The molecule has 0 saturated heterocycles. The maximum atomic E-state index is 11.5. The standard InChI is InChI=1S/C17H16N2O2/c1-19-17(20)11-16(18-19)14-8-5-9-15(10-14)21-12-13-6-3-2-4-7-13/h2-11,18H,12H2,1H3. The quantitative estimate of drug-likeness (QED) is 0.798.